The fourth-order valence-electron chi connectivity index (χ4n) is 2.25. The molecule has 1 aromatic carbocycles. The Morgan fingerprint density at radius 3 is 2.55 bits per heavy atom. The number of aromatic nitrogens is 1. The van der Waals surface area contributed by atoms with Gasteiger partial charge in [-0.05, 0) is 28.9 Å². The monoisotopic (exact) mass is 363 g/mol. The first-order valence-electron chi connectivity index (χ1n) is 7.26. The average molecular weight is 364 g/mol. The summed E-state index contributed by atoms with van der Waals surface area (Å²) >= 11 is 3.43. The van der Waals surface area contributed by atoms with Gasteiger partial charge in [0.25, 0.3) is 0 Å². The second-order valence-corrected chi connectivity index (χ2v) is 6.16. The van der Waals surface area contributed by atoms with Crippen molar-refractivity contribution in [3.8, 4) is 5.88 Å². The van der Waals surface area contributed by atoms with Crippen molar-refractivity contribution in [3.05, 3.63) is 58.2 Å². The van der Waals surface area contributed by atoms with Gasteiger partial charge >= 0.3 is 0 Å². The maximum atomic E-state index is 5.78. The summed E-state index contributed by atoms with van der Waals surface area (Å²) in [6, 6.07) is 13.8. The number of hydrogen-bond acceptors (Lipinski definition) is 4. The van der Waals surface area contributed by atoms with Crippen LogP contribution in [0.4, 0.5) is 0 Å². The van der Waals surface area contributed by atoms with E-state index in [0.717, 1.165) is 15.7 Å². The Hall–Kier alpha value is -1.43. The molecule has 116 valence electrons. The molecule has 0 bridgehead atoms. The number of pyridine rings is 1. The topological polar surface area (TPSA) is 40.6 Å². The molecule has 1 aliphatic rings. The number of ether oxygens (including phenoxy) is 3. The fourth-order valence-corrected chi connectivity index (χ4v) is 2.47. The van der Waals surface area contributed by atoms with Gasteiger partial charge in [0.15, 0.2) is 6.29 Å². The van der Waals surface area contributed by atoms with Gasteiger partial charge in [-0.2, -0.15) is 0 Å². The summed E-state index contributed by atoms with van der Waals surface area (Å²) in [5.41, 5.74) is 1.96. The zero-order chi connectivity index (χ0) is 15.4. The average Bonchev–Trinajstić information content (AvgIpc) is 2.57. The molecule has 0 aliphatic carbocycles. The summed E-state index contributed by atoms with van der Waals surface area (Å²) in [4.78, 5) is 4.37. The molecule has 0 amide bonds. The van der Waals surface area contributed by atoms with E-state index in [1.807, 2.05) is 49.4 Å². The van der Waals surface area contributed by atoms with Crippen LogP contribution in [0.25, 0.3) is 0 Å². The number of halogens is 1. The minimum absolute atomic E-state index is 0.214. The van der Waals surface area contributed by atoms with Crippen LogP contribution in [0.5, 0.6) is 5.88 Å². The third kappa shape index (κ3) is 3.85. The molecule has 22 heavy (non-hydrogen) atoms. The highest BCUT2D eigenvalue weighted by molar-refractivity contribution is 9.10. The smallest absolute Gasteiger partial charge is 0.213 e. The number of hydrogen-bond donors (Lipinski definition) is 0. The molecule has 3 rings (SSSR count). The number of aryl methyl sites for hydroxylation is 1. The normalized spacial score (nSPS) is 21.5. The summed E-state index contributed by atoms with van der Waals surface area (Å²) in [7, 11) is 0. The van der Waals surface area contributed by atoms with E-state index in [-0.39, 0.29) is 12.2 Å². The SMILES string of the molecule is Cc1nc(OCC2COC(c3ccccc3)OC2)ccc1Br. The third-order valence-electron chi connectivity index (χ3n) is 3.50. The molecule has 1 saturated heterocycles. The Morgan fingerprint density at radius 1 is 1.14 bits per heavy atom. The highest BCUT2D eigenvalue weighted by Gasteiger charge is 2.24. The molecule has 0 radical (unpaired) electrons. The van der Waals surface area contributed by atoms with Gasteiger partial charge in [0.2, 0.25) is 5.88 Å². The van der Waals surface area contributed by atoms with E-state index in [9.17, 15) is 0 Å². The minimum Gasteiger partial charge on any atom is -0.477 e. The van der Waals surface area contributed by atoms with E-state index in [2.05, 4.69) is 20.9 Å². The van der Waals surface area contributed by atoms with E-state index < -0.39 is 0 Å². The molecular weight excluding hydrogens is 346 g/mol. The summed E-state index contributed by atoms with van der Waals surface area (Å²) in [6.45, 7) is 3.72. The van der Waals surface area contributed by atoms with Crippen molar-refractivity contribution in [2.45, 2.75) is 13.2 Å². The Kier molecular flexibility index (Phi) is 5.08. The highest BCUT2D eigenvalue weighted by atomic mass is 79.9. The molecule has 0 atom stereocenters. The second-order valence-electron chi connectivity index (χ2n) is 5.30. The maximum Gasteiger partial charge on any atom is 0.213 e. The van der Waals surface area contributed by atoms with Crippen LogP contribution in [-0.2, 0) is 9.47 Å². The van der Waals surface area contributed by atoms with Gasteiger partial charge in [0.1, 0.15) is 0 Å². The number of benzene rings is 1. The lowest BCUT2D eigenvalue weighted by Gasteiger charge is -2.29. The lowest BCUT2D eigenvalue weighted by molar-refractivity contribution is -0.208. The molecule has 0 spiro atoms. The van der Waals surface area contributed by atoms with Crippen molar-refractivity contribution in [1.82, 2.24) is 4.98 Å². The molecule has 1 aliphatic heterocycles. The molecular formula is C17H18BrNO3. The largest absolute Gasteiger partial charge is 0.477 e. The van der Waals surface area contributed by atoms with Crippen LogP contribution in [0.2, 0.25) is 0 Å². The summed E-state index contributed by atoms with van der Waals surface area (Å²) < 4.78 is 18.3. The predicted molar refractivity (Wildman–Crippen MR) is 86.7 cm³/mol. The molecule has 0 N–H and O–H groups in total. The van der Waals surface area contributed by atoms with Gasteiger partial charge in [-0.25, -0.2) is 4.98 Å². The number of nitrogens with zero attached hydrogens (tertiary/aromatic N) is 1. The summed E-state index contributed by atoms with van der Waals surface area (Å²) in [6.07, 6.45) is -0.273. The van der Waals surface area contributed by atoms with Crippen molar-refractivity contribution in [3.63, 3.8) is 0 Å². The first kappa shape index (κ1) is 15.5. The van der Waals surface area contributed by atoms with Gasteiger partial charge in [0, 0.05) is 22.0 Å². The van der Waals surface area contributed by atoms with Gasteiger partial charge < -0.3 is 14.2 Å². The Bertz CT molecular complexity index is 613. The highest BCUT2D eigenvalue weighted by Crippen LogP contribution is 2.25. The van der Waals surface area contributed by atoms with Gasteiger partial charge in [-0.3, -0.25) is 0 Å². The zero-order valence-corrected chi connectivity index (χ0v) is 14.0. The van der Waals surface area contributed by atoms with E-state index >= 15 is 0 Å². The van der Waals surface area contributed by atoms with Crippen molar-refractivity contribution < 1.29 is 14.2 Å². The molecule has 1 aromatic heterocycles. The van der Waals surface area contributed by atoms with Crippen molar-refractivity contribution in [2.75, 3.05) is 19.8 Å². The first-order chi connectivity index (χ1) is 10.7. The maximum absolute atomic E-state index is 5.78. The lowest BCUT2D eigenvalue weighted by atomic mass is 10.1. The van der Waals surface area contributed by atoms with Gasteiger partial charge in [0.05, 0.1) is 25.5 Å². The predicted octanol–water partition coefficient (Wildman–Crippen LogP) is 3.89. The quantitative estimate of drug-likeness (QED) is 0.825. The summed E-state index contributed by atoms with van der Waals surface area (Å²) in [5, 5.41) is 0. The lowest BCUT2D eigenvalue weighted by Crippen LogP contribution is -2.31. The van der Waals surface area contributed by atoms with Crippen LogP contribution < -0.4 is 4.74 Å². The van der Waals surface area contributed by atoms with E-state index in [1.165, 1.54) is 0 Å². The molecule has 2 heterocycles. The molecule has 0 unspecified atom stereocenters. The van der Waals surface area contributed by atoms with Gasteiger partial charge in [-0.1, -0.05) is 30.3 Å². The Balaban J connectivity index is 1.49. The van der Waals surface area contributed by atoms with Crippen LogP contribution >= 0.6 is 15.9 Å². The van der Waals surface area contributed by atoms with Crippen LogP contribution in [-0.4, -0.2) is 24.8 Å². The van der Waals surface area contributed by atoms with E-state index in [4.69, 9.17) is 14.2 Å². The van der Waals surface area contributed by atoms with E-state index in [1.54, 1.807) is 0 Å². The second kappa shape index (κ2) is 7.22. The molecule has 5 heteroatoms. The Morgan fingerprint density at radius 2 is 1.86 bits per heavy atom. The van der Waals surface area contributed by atoms with Crippen molar-refractivity contribution in [1.29, 1.82) is 0 Å². The molecule has 1 fully saturated rings. The van der Waals surface area contributed by atoms with Crippen LogP contribution in [0.3, 0.4) is 0 Å². The van der Waals surface area contributed by atoms with Crippen molar-refractivity contribution in [2.24, 2.45) is 5.92 Å². The molecule has 2 aromatic rings. The van der Waals surface area contributed by atoms with Crippen molar-refractivity contribution >= 4 is 15.9 Å². The van der Waals surface area contributed by atoms with Crippen LogP contribution in [0, 0.1) is 12.8 Å². The molecule has 0 saturated carbocycles. The zero-order valence-electron chi connectivity index (χ0n) is 12.4. The molecule has 4 nitrogen and oxygen atoms in total. The van der Waals surface area contributed by atoms with Crippen LogP contribution in [0.15, 0.2) is 46.9 Å². The van der Waals surface area contributed by atoms with Gasteiger partial charge in [-0.15, -0.1) is 0 Å². The van der Waals surface area contributed by atoms with Crippen LogP contribution in [0.1, 0.15) is 17.5 Å². The standard InChI is InChI=1S/C17H18BrNO3/c1-12-15(18)7-8-16(19-12)20-9-13-10-21-17(22-11-13)14-5-3-2-4-6-14/h2-8,13,17H,9-11H2,1H3. The minimum atomic E-state index is -0.273. The fraction of sp³-hybridized carbons (Fsp3) is 0.353. The number of rotatable bonds is 4. The first-order valence-corrected chi connectivity index (χ1v) is 8.06. The van der Waals surface area contributed by atoms with E-state index in [0.29, 0.717) is 25.7 Å². The Labute approximate surface area is 138 Å². The third-order valence-corrected chi connectivity index (χ3v) is 4.34. The summed E-state index contributed by atoms with van der Waals surface area (Å²) in [5.74, 6) is 0.844.